The van der Waals surface area contributed by atoms with Crippen LogP contribution >= 0.6 is 0 Å². The van der Waals surface area contributed by atoms with Crippen molar-refractivity contribution in [1.82, 2.24) is 0 Å². The lowest BCUT2D eigenvalue weighted by Crippen LogP contribution is -2.30. The van der Waals surface area contributed by atoms with E-state index in [9.17, 15) is 14.4 Å². The molecule has 10 heteroatoms. The molecule has 0 bridgehead atoms. The van der Waals surface area contributed by atoms with Gasteiger partial charge in [-0.25, -0.2) is 9.59 Å². The molecule has 0 radical (unpaired) electrons. The third kappa shape index (κ3) is 8.34. The van der Waals surface area contributed by atoms with Crippen LogP contribution in [0.4, 0.5) is 0 Å². The number of guanidine groups is 1. The fourth-order valence-electron chi connectivity index (χ4n) is 1.50. The van der Waals surface area contributed by atoms with E-state index in [1.807, 2.05) is 0 Å². The number of hydrogen-bond acceptors (Lipinski definition) is 5. The number of carboxylic acids is 3. The van der Waals surface area contributed by atoms with Crippen LogP contribution in [0.25, 0.3) is 0 Å². The minimum atomic E-state index is -1.23. The summed E-state index contributed by atoms with van der Waals surface area (Å²) in [5.74, 6) is -3.44. The normalized spacial score (nSPS) is 10.7. The predicted octanol–water partition coefficient (Wildman–Crippen LogP) is -0.465. The van der Waals surface area contributed by atoms with E-state index in [0.29, 0.717) is 19.4 Å². The maximum atomic E-state index is 10.5. The van der Waals surface area contributed by atoms with Crippen molar-refractivity contribution in [3.05, 3.63) is 35.4 Å². The van der Waals surface area contributed by atoms with Crippen LogP contribution in [-0.4, -0.2) is 51.8 Å². The van der Waals surface area contributed by atoms with Crippen LogP contribution in [0.3, 0.4) is 0 Å². The number of carbonyl (C=O) groups is 3. The molecule has 1 rings (SSSR count). The van der Waals surface area contributed by atoms with Crippen LogP contribution in [-0.2, 0) is 4.79 Å². The lowest BCUT2D eigenvalue weighted by molar-refractivity contribution is -0.138. The fraction of sp³-hybridized carbons (Fsp3) is 0.286. The van der Waals surface area contributed by atoms with E-state index < -0.39 is 23.9 Å². The molecule has 0 aliphatic heterocycles. The number of aromatic carboxylic acids is 2. The van der Waals surface area contributed by atoms with Crippen molar-refractivity contribution in [3.63, 3.8) is 0 Å². The van der Waals surface area contributed by atoms with Gasteiger partial charge in [-0.05, 0) is 25.0 Å². The van der Waals surface area contributed by atoms with Crippen molar-refractivity contribution in [2.24, 2.45) is 22.2 Å². The molecule has 0 heterocycles. The highest BCUT2D eigenvalue weighted by Gasteiger charge is 2.13. The standard InChI is InChI=1S/C8H6O4.C6H14N4O2/c9-7(10)5-3-1-2-4-6(5)8(11)12;7-4(5(11)12)2-1-3-10-6(8)9/h1-4H,(H,9,10)(H,11,12);4H,1-3,7H2,(H,11,12)(H4,8,9,10)/t;4-/m.0/s1. The highest BCUT2D eigenvalue weighted by Crippen LogP contribution is 2.07. The van der Waals surface area contributed by atoms with Gasteiger partial charge < -0.3 is 32.5 Å². The maximum Gasteiger partial charge on any atom is 0.336 e. The van der Waals surface area contributed by atoms with Gasteiger partial charge in [0, 0.05) is 6.54 Å². The molecule has 1 aromatic carbocycles. The van der Waals surface area contributed by atoms with Gasteiger partial charge in [0.25, 0.3) is 0 Å². The van der Waals surface area contributed by atoms with Gasteiger partial charge in [-0.3, -0.25) is 9.79 Å². The number of nitrogens with zero attached hydrogens (tertiary/aromatic N) is 1. The monoisotopic (exact) mass is 340 g/mol. The third-order valence-corrected chi connectivity index (χ3v) is 2.67. The Kier molecular flexibility index (Phi) is 9.18. The molecular weight excluding hydrogens is 320 g/mol. The predicted molar refractivity (Wildman–Crippen MR) is 85.9 cm³/mol. The Labute approximate surface area is 137 Å². The van der Waals surface area contributed by atoms with Crippen LogP contribution in [0.15, 0.2) is 29.3 Å². The van der Waals surface area contributed by atoms with Crippen molar-refractivity contribution in [1.29, 1.82) is 0 Å². The Morgan fingerprint density at radius 3 is 1.79 bits per heavy atom. The summed E-state index contributed by atoms with van der Waals surface area (Å²) in [6.07, 6.45) is 0.956. The topological polar surface area (TPSA) is 202 Å². The zero-order valence-electron chi connectivity index (χ0n) is 12.8. The maximum absolute atomic E-state index is 10.5. The van der Waals surface area contributed by atoms with Gasteiger partial charge in [-0.2, -0.15) is 0 Å². The van der Waals surface area contributed by atoms with Gasteiger partial charge in [0.15, 0.2) is 5.96 Å². The molecule has 0 spiro atoms. The van der Waals surface area contributed by atoms with Gasteiger partial charge in [-0.15, -0.1) is 0 Å². The first kappa shape index (κ1) is 20.9. The molecule has 0 aliphatic carbocycles. The Morgan fingerprint density at radius 2 is 1.46 bits per heavy atom. The minimum Gasteiger partial charge on any atom is -0.480 e. The van der Waals surface area contributed by atoms with Crippen molar-refractivity contribution < 1.29 is 29.7 Å². The van der Waals surface area contributed by atoms with Gasteiger partial charge in [0.1, 0.15) is 6.04 Å². The van der Waals surface area contributed by atoms with Gasteiger partial charge in [-0.1, -0.05) is 12.1 Å². The first-order valence-corrected chi connectivity index (χ1v) is 6.76. The zero-order chi connectivity index (χ0) is 18.7. The summed E-state index contributed by atoms with van der Waals surface area (Å²) >= 11 is 0. The zero-order valence-corrected chi connectivity index (χ0v) is 12.8. The largest absolute Gasteiger partial charge is 0.480 e. The second-order valence-electron chi connectivity index (χ2n) is 4.55. The number of nitrogens with two attached hydrogens (primary N) is 3. The molecule has 132 valence electrons. The van der Waals surface area contributed by atoms with Crippen molar-refractivity contribution in [2.45, 2.75) is 18.9 Å². The number of aliphatic imine (C=N–C) groups is 1. The Hall–Kier alpha value is -3.14. The Balaban J connectivity index is 0.000000441. The Morgan fingerprint density at radius 1 is 1.00 bits per heavy atom. The molecule has 0 unspecified atom stereocenters. The second-order valence-corrected chi connectivity index (χ2v) is 4.55. The van der Waals surface area contributed by atoms with Crippen LogP contribution in [0, 0.1) is 0 Å². The van der Waals surface area contributed by atoms with Crippen molar-refractivity contribution in [2.75, 3.05) is 6.54 Å². The SMILES string of the molecule is NC(N)=NCCC[C@H](N)C(=O)O.O=C(O)c1ccccc1C(=O)O. The van der Waals surface area contributed by atoms with E-state index in [4.69, 9.17) is 32.5 Å². The van der Waals surface area contributed by atoms with E-state index in [2.05, 4.69) is 4.99 Å². The summed E-state index contributed by atoms with van der Waals surface area (Å²) in [5, 5.41) is 25.5. The van der Waals surface area contributed by atoms with Gasteiger partial charge in [0.05, 0.1) is 11.1 Å². The molecule has 0 saturated heterocycles. The van der Waals surface area contributed by atoms with Crippen molar-refractivity contribution in [3.8, 4) is 0 Å². The molecule has 0 amide bonds. The second kappa shape index (κ2) is 10.6. The minimum absolute atomic E-state index is 0.0129. The van der Waals surface area contributed by atoms with Crippen LogP contribution in [0.2, 0.25) is 0 Å². The van der Waals surface area contributed by atoms with E-state index in [-0.39, 0.29) is 17.1 Å². The van der Waals surface area contributed by atoms with E-state index >= 15 is 0 Å². The molecule has 0 aliphatic rings. The van der Waals surface area contributed by atoms with Gasteiger partial charge in [0.2, 0.25) is 0 Å². The van der Waals surface area contributed by atoms with Crippen LogP contribution in [0.1, 0.15) is 33.6 Å². The average Bonchev–Trinajstić information content (AvgIpc) is 2.51. The summed E-state index contributed by atoms with van der Waals surface area (Å²) in [7, 11) is 0. The average molecular weight is 340 g/mol. The molecule has 10 nitrogen and oxygen atoms in total. The number of hydrogen-bond donors (Lipinski definition) is 6. The van der Waals surface area contributed by atoms with E-state index in [0.717, 1.165) is 0 Å². The molecule has 9 N–H and O–H groups in total. The summed E-state index contributed by atoms with van der Waals surface area (Å²) < 4.78 is 0. The lowest BCUT2D eigenvalue weighted by atomic mass is 10.1. The molecule has 0 fully saturated rings. The van der Waals surface area contributed by atoms with E-state index in [1.165, 1.54) is 24.3 Å². The first-order valence-electron chi connectivity index (χ1n) is 6.76. The third-order valence-electron chi connectivity index (χ3n) is 2.67. The number of rotatable bonds is 7. The number of benzene rings is 1. The van der Waals surface area contributed by atoms with Crippen molar-refractivity contribution >= 4 is 23.9 Å². The molecular formula is C14H20N4O6. The number of carboxylic acid groups (broad SMARTS) is 3. The van der Waals surface area contributed by atoms with Crippen LogP contribution < -0.4 is 17.2 Å². The van der Waals surface area contributed by atoms with E-state index in [1.54, 1.807) is 0 Å². The molecule has 0 aromatic heterocycles. The Bertz CT molecular complexity index is 580. The highest BCUT2D eigenvalue weighted by atomic mass is 16.4. The fourth-order valence-corrected chi connectivity index (χ4v) is 1.50. The highest BCUT2D eigenvalue weighted by molar-refractivity contribution is 6.01. The number of aliphatic carboxylic acids is 1. The first-order chi connectivity index (χ1) is 11.2. The summed E-state index contributed by atoms with van der Waals surface area (Å²) in [4.78, 5) is 34.8. The molecule has 1 aromatic rings. The smallest absolute Gasteiger partial charge is 0.336 e. The molecule has 24 heavy (non-hydrogen) atoms. The summed E-state index contributed by atoms with van der Waals surface area (Å²) in [6.45, 7) is 0.420. The lowest BCUT2D eigenvalue weighted by Gasteiger charge is -2.03. The van der Waals surface area contributed by atoms with Gasteiger partial charge >= 0.3 is 17.9 Å². The summed E-state index contributed by atoms with van der Waals surface area (Å²) in [5.41, 5.74) is 14.9. The summed E-state index contributed by atoms with van der Waals surface area (Å²) in [6, 6.07) is 4.66. The quantitative estimate of drug-likeness (QED) is 0.215. The molecule has 1 atom stereocenters. The molecule has 0 saturated carbocycles. The van der Waals surface area contributed by atoms with Crippen LogP contribution in [0.5, 0.6) is 0 Å².